The summed E-state index contributed by atoms with van der Waals surface area (Å²) in [4.78, 5) is 20.3. The Morgan fingerprint density at radius 3 is 2.29 bits per heavy atom. The first-order valence-electron chi connectivity index (χ1n) is 5.09. The largest absolute Gasteiger partial charge is 0.264 e. The van der Waals surface area contributed by atoms with Crippen molar-refractivity contribution < 1.29 is 4.92 Å². The predicted molar refractivity (Wildman–Crippen MR) is 54.7 cm³/mol. The molecular weight excluding hydrogens is 184 g/mol. The van der Waals surface area contributed by atoms with Crippen LogP contribution in [0.25, 0.3) is 0 Å². The molecule has 1 rings (SSSR count). The standard InChI is InChI=1S/C7H12N2O3.C2H6/c1-5-2-6(8-10)4-7(3-5)9(11)12;1-2/h5-7H,2-4H2,1H3;1-2H3. The molecule has 3 atom stereocenters. The number of rotatable bonds is 2. The van der Waals surface area contributed by atoms with Crippen LogP contribution < -0.4 is 0 Å². The summed E-state index contributed by atoms with van der Waals surface area (Å²) in [5.41, 5.74) is 0. The average molecular weight is 202 g/mol. The molecule has 0 N–H and O–H groups in total. The Kier molecular flexibility index (Phi) is 5.99. The minimum absolute atomic E-state index is 0.247. The Bertz CT molecular complexity index is 196. The fourth-order valence-electron chi connectivity index (χ4n) is 1.79. The summed E-state index contributed by atoms with van der Waals surface area (Å²) in [6.07, 6.45) is 1.60. The van der Waals surface area contributed by atoms with Crippen LogP contribution in [0.15, 0.2) is 5.18 Å². The van der Waals surface area contributed by atoms with Gasteiger partial charge in [0.05, 0.1) is 6.04 Å². The third-order valence-electron chi connectivity index (χ3n) is 2.34. The van der Waals surface area contributed by atoms with Crippen LogP contribution in [-0.2, 0) is 0 Å². The molecule has 1 saturated carbocycles. The second-order valence-electron chi connectivity index (χ2n) is 3.51. The van der Waals surface area contributed by atoms with E-state index < -0.39 is 6.04 Å². The van der Waals surface area contributed by atoms with E-state index in [0.29, 0.717) is 19.3 Å². The maximum atomic E-state index is 10.4. The first-order chi connectivity index (χ1) is 6.63. The molecule has 0 amide bonds. The summed E-state index contributed by atoms with van der Waals surface area (Å²) in [6.45, 7) is 5.92. The number of nitro groups is 1. The smallest absolute Gasteiger partial charge is 0.215 e. The topological polar surface area (TPSA) is 72.6 Å². The van der Waals surface area contributed by atoms with Crippen LogP contribution in [0.5, 0.6) is 0 Å². The number of nitroso groups, excluding NO2 is 1. The van der Waals surface area contributed by atoms with Gasteiger partial charge in [-0.1, -0.05) is 25.9 Å². The van der Waals surface area contributed by atoms with Gasteiger partial charge in [-0.25, -0.2) is 0 Å². The van der Waals surface area contributed by atoms with Crippen molar-refractivity contribution in [2.24, 2.45) is 11.1 Å². The molecule has 0 bridgehead atoms. The van der Waals surface area contributed by atoms with Gasteiger partial charge in [-0.05, 0) is 12.3 Å². The molecule has 5 heteroatoms. The second-order valence-corrected chi connectivity index (χ2v) is 3.51. The van der Waals surface area contributed by atoms with Gasteiger partial charge in [-0.2, -0.15) is 4.91 Å². The van der Waals surface area contributed by atoms with Gasteiger partial charge in [-0.3, -0.25) is 10.1 Å². The summed E-state index contributed by atoms with van der Waals surface area (Å²) >= 11 is 0. The maximum Gasteiger partial charge on any atom is 0.215 e. The van der Waals surface area contributed by atoms with Gasteiger partial charge in [0.15, 0.2) is 0 Å². The summed E-state index contributed by atoms with van der Waals surface area (Å²) in [6, 6.07) is -0.902. The van der Waals surface area contributed by atoms with Crippen molar-refractivity contribution in [2.45, 2.75) is 52.1 Å². The Balaban J connectivity index is 0.000000791. The molecule has 0 aromatic rings. The molecule has 0 saturated heterocycles. The highest BCUT2D eigenvalue weighted by Gasteiger charge is 2.33. The molecule has 0 aromatic carbocycles. The number of hydrogen-bond donors (Lipinski definition) is 0. The molecule has 0 heterocycles. The van der Waals surface area contributed by atoms with Crippen molar-refractivity contribution in [3.05, 3.63) is 15.0 Å². The first kappa shape index (κ1) is 13.0. The van der Waals surface area contributed by atoms with Crippen LogP contribution in [0.2, 0.25) is 0 Å². The van der Waals surface area contributed by atoms with Gasteiger partial charge in [-0.15, -0.1) is 0 Å². The normalized spacial score (nSPS) is 31.2. The minimum atomic E-state index is -0.559. The second kappa shape index (κ2) is 6.45. The van der Waals surface area contributed by atoms with Crippen LogP contribution >= 0.6 is 0 Å². The molecule has 5 nitrogen and oxygen atoms in total. The third kappa shape index (κ3) is 3.81. The van der Waals surface area contributed by atoms with Crippen molar-refractivity contribution >= 4 is 0 Å². The molecule has 0 radical (unpaired) electrons. The molecule has 1 aliphatic rings. The monoisotopic (exact) mass is 202 g/mol. The zero-order valence-corrected chi connectivity index (χ0v) is 8.97. The Morgan fingerprint density at radius 1 is 1.29 bits per heavy atom. The van der Waals surface area contributed by atoms with E-state index in [9.17, 15) is 15.0 Å². The molecule has 3 unspecified atom stereocenters. The highest BCUT2D eigenvalue weighted by molar-refractivity contribution is 4.80. The summed E-state index contributed by atoms with van der Waals surface area (Å²) < 4.78 is 0. The molecule has 0 spiro atoms. The summed E-state index contributed by atoms with van der Waals surface area (Å²) in [7, 11) is 0. The van der Waals surface area contributed by atoms with Crippen LogP contribution in [-0.4, -0.2) is 17.0 Å². The molecule has 0 aliphatic heterocycles. The summed E-state index contributed by atoms with van der Waals surface area (Å²) in [5.74, 6) is 0.247. The van der Waals surface area contributed by atoms with Crippen molar-refractivity contribution in [3.8, 4) is 0 Å². The molecule has 1 fully saturated rings. The maximum absolute atomic E-state index is 10.4. The number of nitrogens with zero attached hydrogens (tertiary/aromatic N) is 2. The predicted octanol–water partition coefficient (Wildman–Crippen LogP) is 2.61. The zero-order chi connectivity index (χ0) is 11.1. The van der Waals surface area contributed by atoms with Gasteiger partial charge >= 0.3 is 0 Å². The van der Waals surface area contributed by atoms with Crippen LogP contribution in [0.4, 0.5) is 0 Å². The van der Waals surface area contributed by atoms with Crippen molar-refractivity contribution in [1.29, 1.82) is 0 Å². The molecule has 0 aromatic heterocycles. The highest BCUT2D eigenvalue weighted by atomic mass is 16.6. The Morgan fingerprint density at radius 2 is 1.86 bits per heavy atom. The van der Waals surface area contributed by atoms with Crippen LogP contribution in [0.3, 0.4) is 0 Å². The molecule has 82 valence electrons. The van der Waals surface area contributed by atoms with Gasteiger partial charge < -0.3 is 0 Å². The van der Waals surface area contributed by atoms with Crippen molar-refractivity contribution in [1.82, 2.24) is 0 Å². The van der Waals surface area contributed by atoms with E-state index >= 15 is 0 Å². The Hall–Kier alpha value is -1.00. The van der Waals surface area contributed by atoms with Crippen molar-refractivity contribution in [2.75, 3.05) is 0 Å². The van der Waals surface area contributed by atoms with Gasteiger partial charge in [0, 0.05) is 17.8 Å². The minimum Gasteiger partial charge on any atom is -0.264 e. The van der Waals surface area contributed by atoms with E-state index in [1.54, 1.807) is 0 Å². The van der Waals surface area contributed by atoms with Crippen LogP contribution in [0, 0.1) is 20.9 Å². The fraction of sp³-hybridized carbons (Fsp3) is 1.00. The van der Waals surface area contributed by atoms with Crippen LogP contribution in [0.1, 0.15) is 40.0 Å². The third-order valence-corrected chi connectivity index (χ3v) is 2.34. The lowest BCUT2D eigenvalue weighted by Gasteiger charge is -2.24. The first-order valence-corrected chi connectivity index (χ1v) is 5.09. The van der Waals surface area contributed by atoms with Crippen molar-refractivity contribution in [3.63, 3.8) is 0 Å². The van der Waals surface area contributed by atoms with Gasteiger partial charge in [0.2, 0.25) is 6.04 Å². The van der Waals surface area contributed by atoms with E-state index in [2.05, 4.69) is 5.18 Å². The lowest BCUT2D eigenvalue weighted by atomic mass is 9.84. The fourth-order valence-corrected chi connectivity index (χ4v) is 1.79. The summed E-state index contributed by atoms with van der Waals surface area (Å²) in [5, 5.41) is 13.3. The highest BCUT2D eigenvalue weighted by Crippen LogP contribution is 2.27. The van der Waals surface area contributed by atoms with E-state index in [-0.39, 0.29) is 16.9 Å². The van der Waals surface area contributed by atoms with E-state index in [4.69, 9.17) is 0 Å². The molecular formula is C9H18N2O3. The SMILES string of the molecule is CC.CC1CC(N=O)CC([N+](=O)[O-])C1. The van der Waals surface area contributed by atoms with E-state index in [1.807, 2.05) is 20.8 Å². The van der Waals surface area contributed by atoms with E-state index in [1.165, 1.54) is 0 Å². The quantitative estimate of drug-likeness (QED) is 0.392. The lowest BCUT2D eigenvalue weighted by molar-refractivity contribution is -0.528. The zero-order valence-electron chi connectivity index (χ0n) is 8.97. The molecule has 1 aliphatic carbocycles. The van der Waals surface area contributed by atoms with Gasteiger partial charge in [0.25, 0.3) is 0 Å². The average Bonchev–Trinajstić information content (AvgIpc) is 2.20. The Labute approximate surface area is 84.0 Å². The van der Waals surface area contributed by atoms with E-state index in [0.717, 1.165) is 0 Å². The lowest BCUT2D eigenvalue weighted by Crippen LogP contribution is -2.32. The van der Waals surface area contributed by atoms with Gasteiger partial charge in [0.1, 0.15) is 0 Å². The number of hydrogen-bond acceptors (Lipinski definition) is 4. The molecule has 14 heavy (non-hydrogen) atoms.